The van der Waals surface area contributed by atoms with Gasteiger partial charge in [0.1, 0.15) is 5.60 Å². The Morgan fingerprint density at radius 1 is 1.04 bits per heavy atom. The molecule has 2 saturated heterocycles. The monoisotopic (exact) mass is 352 g/mol. The Morgan fingerprint density at radius 3 is 2.73 bits per heavy atom. The van der Waals surface area contributed by atoms with Crippen LogP contribution in [0.3, 0.4) is 0 Å². The minimum absolute atomic E-state index is 0.0522. The van der Waals surface area contributed by atoms with Gasteiger partial charge in [-0.1, -0.05) is 48.5 Å². The van der Waals surface area contributed by atoms with E-state index in [4.69, 9.17) is 9.47 Å². The molecule has 0 saturated carbocycles. The second-order valence-electron chi connectivity index (χ2n) is 6.90. The molecular weight excluding hydrogens is 328 g/mol. The van der Waals surface area contributed by atoms with Crippen LogP contribution in [0.25, 0.3) is 11.1 Å². The van der Waals surface area contributed by atoms with Crippen LogP contribution in [0.15, 0.2) is 54.6 Å². The molecule has 0 aliphatic carbocycles. The predicted molar refractivity (Wildman–Crippen MR) is 100 cm³/mol. The lowest BCUT2D eigenvalue weighted by Crippen LogP contribution is -2.59. The highest BCUT2D eigenvalue weighted by molar-refractivity contribution is 6.01. The molecule has 2 heterocycles. The molecule has 2 aromatic carbocycles. The Kier molecular flexibility index (Phi) is 5.02. The number of amides is 1. The number of carbonyl (C=O) groups excluding carboxylic acids is 1. The van der Waals surface area contributed by atoms with Crippen molar-refractivity contribution in [2.24, 2.45) is 0 Å². The predicted octanol–water partition coefficient (Wildman–Crippen LogP) is 2.18. The van der Waals surface area contributed by atoms with E-state index in [1.807, 2.05) is 59.5 Å². The van der Waals surface area contributed by atoms with E-state index in [2.05, 4.69) is 5.32 Å². The van der Waals surface area contributed by atoms with Gasteiger partial charge >= 0.3 is 0 Å². The summed E-state index contributed by atoms with van der Waals surface area (Å²) in [5.41, 5.74) is 2.30. The average molecular weight is 352 g/mol. The first kappa shape index (κ1) is 17.2. The summed E-state index contributed by atoms with van der Waals surface area (Å²) in [6, 6.07) is 17.9. The van der Waals surface area contributed by atoms with Gasteiger partial charge in [0.15, 0.2) is 0 Å². The molecule has 1 N–H and O–H groups in total. The van der Waals surface area contributed by atoms with Crippen LogP contribution in [-0.4, -0.2) is 62.4 Å². The zero-order chi connectivity index (χ0) is 17.8. The lowest BCUT2D eigenvalue weighted by Gasteiger charge is -2.42. The SMILES string of the molecule is O=C(c1ccccc1-c1ccccc1)N1CCOC2(CNCCOC2)C1. The lowest BCUT2D eigenvalue weighted by atomic mass is 9.97. The van der Waals surface area contributed by atoms with E-state index < -0.39 is 5.60 Å². The summed E-state index contributed by atoms with van der Waals surface area (Å²) in [6.45, 7) is 4.39. The number of morpholine rings is 1. The third-order valence-corrected chi connectivity index (χ3v) is 5.01. The van der Waals surface area contributed by atoms with Crippen LogP contribution in [-0.2, 0) is 9.47 Å². The molecule has 1 amide bonds. The summed E-state index contributed by atoms with van der Waals surface area (Å²) in [4.78, 5) is 15.2. The first-order chi connectivity index (χ1) is 12.8. The topological polar surface area (TPSA) is 50.8 Å². The summed E-state index contributed by atoms with van der Waals surface area (Å²) in [5.74, 6) is 0.0522. The quantitative estimate of drug-likeness (QED) is 0.900. The Labute approximate surface area is 153 Å². The summed E-state index contributed by atoms with van der Waals surface area (Å²) in [7, 11) is 0. The smallest absolute Gasteiger partial charge is 0.254 e. The molecule has 4 rings (SSSR count). The highest BCUT2D eigenvalue weighted by Gasteiger charge is 2.40. The number of ether oxygens (including phenoxy) is 2. The molecular formula is C21H24N2O3. The number of carbonyl (C=O) groups is 1. The first-order valence-electron chi connectivity index (χ1n) is 9.14. The van der Waals surface area contributed by atoms with Crippen LogP contribution in [0.4, 0.5) is 0 Å². The van der Waals surface area contributed by atoms with E-state index in [1.54, 1.807) is 0 Å². The Hall–Kier alpha value is -2.21. The van der Waals surface area contributed by atoms with Crippen LogP contribution in [0, 0.1) is 0 Å². The summed E-state index contributed by atoms with van der Waals surface area (Å²) < 4.78 is 11.7. The van der Waals surface area contributed by atoms with Gasteiger partial charge in [-0.05, 0) is 17.2 Å². The van der Waals surface area contributed by atoms with E-state index in [0.29, 0.717) is 39.5 Å². The zero-order valence-corrected chi connectivity index (χ0v) is 14.8. The molecule has 0 aromatic heterocycles. The van der Waals surface area contributed by atoms with Gasteiger partial charge in [-0.25, -0.2) is 0 Å². The van der Waals surface area contributed by atoms with Crippen molar-refractivity contribution in [3.05, 3.63) is 60.2 Å². The Morgan fingerprint density at radius 2 is 1.85 bits per heavy atom. The van der Waals surface area contributed by atoms with Crippen LogP contribution in [0.5, 0.6) is 0 Å². The Bertz CT molecular complexity index is 755. The third-order valence-electron chi connectivity index (χ3n) is 5.01. The summed E-state index contributed by atoms with van der Waals surface area (Å²) in [5, 5.41) is 3.36. The van der Waals surface area contributed by atoms with Crippen molar-refractivity contribution in [2.75, 3.05) is 46.0 Å². The van der Waals surface area contributed by atoms with Crippen molar-refractivity contribution in [1.82, 2.24) is 10.2 Å². The van der Waals surface area contributed by atoms with Crippen molar-refractivity contribution < 1.29 is 14.3 Å². The molecule has 2 fully saturated rings. The molecule has 26 heavy (non-hydrogen) atoms. The van der Waals surface area contributed by atoms with E-state index in [0.717, 1.165) is 23.2 Å². The maximum Gasteiger partial charge on any atom is 0.254 e. The third kappa shape index (κ3) is 3.51. The van der Waals surface area contributed by atoms with E-state index in [1.165, 1.54) is 0 Å². The maximum absolute atomic E-state index is 13.3. The van der Waals surface area contributed by atoms with Crippen molar-refractivity contribution in [3.8, 4) is 11.1 Å². The molecule has 1 spiro atoms. The van der Waals surface area contributed by atoms with Crippen molar-refractivity contribution >= 4 is 5.91 Å². The molecule has 2 aliphatic heterocycles. The molecule has 1 unspecified atom stereocenters. The largest absolute Gasteiger partial charge is 0.377 e. The van der Waals surface area contributed by atoms with Gasteiger partial charge in [0.2, 0.25) is 0 Å². The maximum atomic E-state index is 13.3. The minimum atomic E-state index is -0.452. The summed E-state index contributed by atoms with van der Waals surface area (Å²) in [6.07, 6.45) is 0. The lowest BCUT2D eigenvalue weighted by molar-refractivity contribution is -0.125. The number of benzene rings is 2. The number of nitrogens with one attached hydrogen (secondary N) is 1. The standard InChI is InChI=1S/C21H24N2O3/c24-20(19-9-5-4-8-18(19)17-6-2-1-3-7-17)23-11-13-26-21(15-23)14-22-10-12-25-16-21/h1-9,22H,10-16H2. The minimum Gasteiger partial charge on any atom is -0.377 e. The van der Waals surface area contributed by atoms with E-state index >= 15 is 0 Å². The normalized spacial score (nSPS) is 23.6. The molecule has 2 aliphatic rings. The van der Waals surface area contributed by atoms with E-state index in [9.17, 15) is 4.79 Å². The number of nitrogens with zero attached hydrogens (tertiary/aromatic N) is 1. The van der Waals surface area contributed by atoms with Gasteiger partial charge in [0, 0.05) is 25.2 Å². The van der Waals surface area contributed by atoms with Gasteiger partial charge in [-0.2, -0.15) is 0 Å². The van der Waals surface area contributed by atoms with Gasteiger partial charge in [-0.15, -0.1) is 0 Å². The molecule has 2 aromatic rings. The molecule has 5 nitrogen and oxygen atoms in total. The van der Waals surface area contributed by atoms with Crippen molar-refractivity contribution in [3.63, 3.8) is 0 Å². The van der Waals surface area contributed by atoms with Gasteiger partial charge < -0.3 is 19.7 Å². The number of rotatable bonds is 2. The fraction of sp³-hybridized carbons (Fsp3) is 0.381. The van der Waals surface area contributed by atoms with Crippen molar-refractivity contribution in [1.29, 1.82) is 0 Å². The second-order valence-corrected chi connectivity index (χ2v) is 6.90. The highest BCUT2D eigenvalue weighted by atomic mass is 16.5. The van der Waals surface area contributed by atoms with Gasteiger partial charge in [0.05, 0.1) is 26.4 Å². The zero-order valence-electron chi connectivity index (χ0n) is 14.8. The summed E-state index contributed by atoms with van der Waals surface area (Å²) >= 11 is 0. The fourth-order valence-electron chi connectivity index (χ4n) is 3.69. The first-order valence-corrected chi connectivity index (χ1v) is 9.14. The van der Waals surface area contributed by atoms with Crippen LogP contribution in [0.2, 0.25) is 0 Å². The molecule has 1 atom stereocenters. The second kappa shape index (κ2) is 7.58. The van der Waals surface area contributed by atoms with Crippen LogP contribution >= 0.6 is 0 Å². The van der Waals surface area contributed by atoms with Gasteiger partial charge in [-0.3, -0.25) is 4.79 Å². The number of hydrogen-bond acceptors (Lipinski definition) is 4. The fourth-order valence-corrected chi connectivity index (χ4v) is 3.69. The van der Waals surface area contributed by atoms with Crippen molar-refractivity contribution in [2.45, 2.75) is 5.60 Å². The molecule has 0 radical (unpaired) electrons. The highest BCUT2D eigenvalue weighted by Crippen LogP contribution is 2.27. The van der Waals surface area contributed by atoms with E-state index in [-0.39, 0.29) is 5.91 Å². The van der Waals surface area contributed by atoms with Crippen LogP contribution in [0.1, 0.15) is 10.4 Å². The van der Waals surface area contributed by atoms with Gasteiger partial charge in [0.25, 0.3) is 5.91 Å². The molecule has 0 bridgehead atoms. The Balaban J connectivity index is 1.60. The molecule has 5 heteroatoms. The number of hydrogen-bond donors (Lipinski definition) is 1. The van der Waals surface area contributed by atoms with Crippen LogP contribution < -0.4 is 5.32 Å². The molecule has 136 valence electrons. The average Bonchev–Trinajstić information content (AvgIpc) is 2.93.